The zero-order chi connectivity index (χ0) is 14.6. The van der Waals surface area contributed by atoms with Crippen LogP contribution < -0.4 is 10.6 Å². The minimum atomic E-state index is -0.815. The number of nitrogens with one attached hydrogen (secondary N) is 2. The molecule has 0 bridgehead atoms. The van der Waals surface area contributed by atoms with E-state index in [0.29, 0.717) is 18.5 Å². The predicted octanol–water partition coefficient (Wildman–Crippen LogP) is 3.06. The van der Waals surface area contributed by atoms with Gasteiger partial charge in [-0.3, -0.25) is 4.79 Å². The molecule has 6 heteroatoms. The Morgan fingerprint density at radius 2 is 2.00 bits per heavy atom. The predicted molar refractivity (Wildman–Crippen MR) is 84.7 cm³/mol. The van der Waals surface area contributed by atoms with Gasteiger partial charge in [-0.05, 0) is 53.6 Å². The van der Waals surface area contributed by atoms with E-state index in [2.05, 4.69) is 33.2 Å². The molecule has 20 heavy (non-hydrogen) atoms. The number of hydrogen-bond acceptors (Lipinski definition) is 2. The van der Waals surface area contributed by atoms with E-state index in [1.807, 2.05) is 18.2 Å². The van der Waals surface area contributed by atoms with Gasteiger partial charge in [0.15, 0.2) is 0 Å². The first-order valence-electron chi connectivity index (χ1n) is 6.56. The van der Waals surface area contributed by atoms with Gasteiger partial charge in [0.1, 0.15) is 0 Å². The van der Waals surface area contributed by atoms with Crippen molar-refractivity contribution in [1.82, 2.24) is 5.32 Å². The average Bonchev–Trinajstić information content (AvgIpc) is 2.86. The number of aliphatic carboxylic acids is 1. The molecule has 108 valence electrons. The maximum Gasteiger partial charge on any atom is 0.319 e. The molecule has 0 heterocycles. The summed E-state index contributed by atoms with van der Waals surface area (Å²) in [4.78, 5) is 23.2. The van der Waals surface area contributed by atoms with Crippen LogP contribution in [0, 0.1) is 8.99 Å². The Morgan fingerprint density at radius 1 is 1.30 bits per heavy atom. The van der Waals surface area contributed by atoms with Gasteiger partial charge in [-0.1, -0.05) is 18.9 Å². The van der Waals surface area contributed by atoms with Crippen LogP contribution in [0.2, 0.25) is 0 Å². The molecule has 0 atom stereocenters. The Hall–Kier alpha value is -1.31. The summed E-state index contributed by atoms with van der Waals surface area (Å²) in [5, 5.41) is 14.7. The fourth-order valence-electron chi connectivity index (χ4n) is 2.51. The Bertz CT molecular complexity index is 513. The molecule has 0 spiro atoms. The van der Waals surface area contributed by atoms with Crippen LogP contribution >= 0.6 is 22.6 Å². The number of anilines is 1. The van der Waals surface area contributed by atoms with Crippen molar-refractivity contribution in [1.29, 1.82) is 0 Å². The van der Waals surface area contributed by atoms with Gasteiger partial charge in [0.05, 0.1) is 5.41 Å². The van der Waals surface area contributed by atoms with E-state index >= 15 is 0 Å². The third-order valence-electron chi connectivity index (χ3n) is 3.68. The fourth-order valence-corrected chi connectivity index (χ4v) is 3.05. The van der Waals surface area contributed by atoms with Crippen molar-refractivity contribution in [3.05, 3.63) is 27.8 Å². The van der Waals surface area contributed by atoms with Crippen molar-refractivity contribution >= 4 is 40.3 Å². The molecule has 1 aliphatic carbocycles. The quantitative estimate of drug-likeness (QED) is 0.694. The van der Waals surface area contributed by atoms with Crippen LogP contribution in [-0.2, 0) is 4.79 Å². The maximum atomic E-state index is 11.8. The van der Waals surface area contributed by atoms with Gasteiger partial charge < -0.3 is 15.7 Å². The molecule has 2 rings (SSSR count). The number of urea groups is 1. The third-order valence-corrected chi connectivity index (χ3v) is 4.36. The first kappa shape index (κ1) is 15.1. The van der Waals surface area contributed by atoms with Gasteiger partial charge in [-0.15, -0.1) is 0 Å². The highest BCUT2D eigenvalue weighted by atomic mass is 127. The van der Waals surface area contributed by atoms with Crippen molar-refractivity contribution in [3.8, 4) is 0 Å². The van der Waals surface area contributed by atoms with Crippen LogP contribution in [0.3, 0.4) is 0 Å². The molecule has 5 nitrogen and oxygen atoms in total. The van der Waals surface area contributed by atoms with Gasteiger partial charge in [-0.2, -0.15) is 0 Å². The van der Waals surface area contributed by atoms with Crippen LogP contribution in [0.5, 0.6) is 0 Å². The van der Waals surface area contributed by atoms with E-state index in [1.165, 1.54) is 0 Å². The number of amides is 2. The van der Waals surface area contributed by atoms with E-state index in [4.69, 9.17) is 0 Å². The average molecular weight is 388 g/mol. The molecule has 2 amide bonds. The van der Waals surface area contributed by atoms with Crippen LogP contribution in [0.25, 0.3) is 0 Å². The van der Waals surface area contributed by atoms with Crippen LogP contribution in [0.4, 0.5) is 10.5 Å². The molecule has 0 radical (unpaired) electrons. The molecule has 0 unspecified atom stereocenters. The third kappa shape index (κ3) is 3.62. The largest absolute Gasteiger partial charge is 0.481 e. The monoisotopic (exact) mass is 388 g/mol. The number of hydrogen-bond donors (Lipinski definition) is 3. The van der Waals surface area contributed by atoms with Gasteiger partial charge >= 0.3 is 12.0 Å². The molecule has 1 fully saturated rings. The van der Waals surface area contributed by atoms with E-state index in [1.54, 1.807) is 6.07 Å². The van der Waals surface area contributed by atoms with Gasteiger partial charge in [0.2, 0.25) is 0 Å². The summed E-state index contributed by atoms with van der Waals surface area (Å²) in [7, 11) is 0. The molecule has 1 aliphatic rings. The van der Waals surface area contributed by atoms with E-state index in [0.717, 1.165) is 16.4 Å². The van der Waals surface area contributed by atoms with Crippen LogP contribution in [0.15, 0.2) is 24.3 Å². The highest BCUT2D eigenvalue weighted by Gasteiger charge is 2.41. The zero-order valence-electron chi connectivity index (χ0n) is 11.0. The minimum Gasteiger partial charge on any atom is -0.481 e. The molecule has 3 N–H and O–H groups in total. The van der Waals surface area contributed by atoms with Crippen molar-refractivity contribution in [3.63, 3.8) is 0 Å². The molecule has 1 aromatic carbocycles. The lowest BCUT2D eigenvalue weighted by atomic mass is 9.86. The maximum absolute atomic E-state index is 11.8. The molecule has 0 aliphatic heterocycles. The lowest BCUT2D eigenvalue weighted by Gasteiger charge is -2.24. The summed E-state index contributed by atoms with van der Waals surface area (Å²) in [6, 6.07) is 7.07. The van der Waals surface area contributed by atoms with Gasteiger partial charge in [-0.25, -0.2) is 4.79 Å². The van der Waals surface area contributed by atoms with Gasteiger partial charge in [0.25, 0.3) is 0 Å². The molecular formula is C14H17IN2O3. The number of carboxylic acid groups (broad SMARTS) is 1. The van der Waals surface area contributed by atoms with E-state index in [-0.39, 0.29) is 12.6 Å². The first-order valence-corrected chi connectivity index (χ1v) is 7.64. The fraction of sp³-hybridized carbons (Fsp3) is 0.429. The smallest absolute Gasteiger partial charge is 0.319 e. The highest BCUT2D eigenvalue weighted by Crippen LogP contribution is 2.37. The van der Waals surface area contributed by atoms with Crippen LogP contribution in [-0.4, -0.2) is 23.7 Å². The number of carboxylic acids is 1. The zero-order valence-corrected chi connectivity index (χ0v) is 13.1. The minimum absolute atomic E-state index is 0.179. The lowest BCUT2D eigenvalue weighted by Crippen LogP contribution is -2.42. The standard InChI is InChI=1S/C14H17IN2O3/c15-10-4-3-5-11(8-10)17-13(20)16-9-14(12(18)19)6-1-2-7-14/h3-5,8H,1-2,6-7,9H2,(H,18,19)(H2,16,17,20). The second kappa shape index (κ2) is 6.43. The Kier molecular flexibility index (Phi) is 4.85. The van der Waals surface area contributed by atoms with Gasteiger partial charge in [0, 0.05) is 15.8 Å². The number of halogens is 1. The number of benzene rings is 1. The normalized spacial score (nSPS) is 16.6. The van der Waals surface area contributed by atoms with Crippen molar-refractivity contribution in [2.24, 2.45) is 5.41 Å². The summed E-state index contributed by atoms with van der Waals surface area (Å²) in [6.07, 6.45) is 3.08. The second-order valence-corrected chi connectivity index (χ2v) is 6.36. The molecule has 1 saturated carbocycles. The van der Waals surface area contributed by atoms with Crippen LogP contribution in [0.1, 0.15) is 25.7 Å². The molecule has 0 aromatic heterocycles. The summed E-state index contributed by atoms with van der Waals surface area (Å²) in [5.41, 5.74) is -0.0900. The topological polar surface area (TPSA) is 78.4 Å². The Labute approximate surface area is 131 Å². The molecule has 1 aromatic rings. The summed E-state index contributed by atoms with van der Waals surface area (Å²) >= 11 is 2.17. The molecule has 0 saturated heterocycles. The lowest BCUT2D eigenvalue weighted by molar-refractivity contribution is -0.148. The van der Waals surface area contributed by atoms with E-state index in [9.17, 15) is 14.7 Å². The Morgan fingerprint density at radius 3 is 2.60 bits per heavy atom. The van der Waals surface area contributed by atoms with E-state index < -0.39 is 11.4 Å². The van der Waals surface area contributed by atoms with Crippen molar-refractivity contribution in [2.45, 2.75) is 25.7 Å². The second-order valence-electron chi connectivity index (χ2n) is 5.11. The summed E-state index contributed by atoms with van der Waals surface area (Å²) < 4.78 is 1.03. The SMILES string of the molecule is O=C(NCC1(C(=O)O)CCCC1)Nc1cccc(I)c1. The number of rotatable bonds is 4. The highest BCUT2D eigenvalue weighted by molar-refractivity contribution is 14.1. The summed E-state index contributed by atoms with van der Waals surface area (Å²) in [6.45, 7) is 0.179. The number of carbonyl (C=O) groups is 2. The van der Waals surface area contributed by atoms with Crippen molar-refractivity contribution < 1.29 is 14.7 Å². The summed E-state index contributed by atoms with van der Waals surface area (Å²) in [5.74, 6) is -0.815. The Balaban J connectivity index is 1.90. The number of carbonyl (C=O) groups excluding carboxylic acids is 1. The van der Waals surface area contributed by atoms with Crippen molar-refractivity contribution in [2.75, 3.05) is 11.9 Å². The first-order chi connectivity index (χ1) is 9.52. The molecular weight excluding hydrogens is 371 g/mol.